The normalized spacial score (nSPS) is 13.1. The van der Waals surface area contributed by atoms with E-state index in [0.717, 1.165) is 0 Å². The standard InChI is InChI=1S/C13H29IOSi/c1-6-16(7-2,8-3)15-13(4,5)11-9-10-12-14/h6-12H2,1-5H3. The zero-order valence-corrected chi connectivity index (χ0v) is 14.9. The lowest BCUT2D eigenvalue weighted by molar-refractivity contribution is 0.0835. The van der Waals surface area contributed by atoms with Crippen molar-refractivity contribution < 1.29 is 4.43 Å². The highest BCUT2D eigenvalue weighted by Crippen LogP contribution is 2.30. The van der Waals surface area contributed by atoms with E-state index in [1.807, 2.05) is 0 Å². The van der Waals surface area contributed by atoms with Crippen LogP contribution in [-0.2, 0) is 4.43 Å². The van der Waals surface area contributed by atoms with Gasteiger partial charge < -0.3 is 4.43 Å². The topological polar surface area (TPSA) is 9.23 Å². The molecule has 3 heteroatoms. The number of unbranched alkanes of at least 4 members (excludes halogenated alkanes) is 1. The van der Waals surface area contributed by atoms with E-state index >= 15 is 0 Å². The summed E-state index contributed by atoms with van der Waals surface area (Å²) >= 11 is 2.46. The van der Waals surface area contributed by atoms with Crippen molar-refractivity contribution in [2.24, 2.45) is 0 Å². The van der Waals surface area contributed by atoms with Gasteiger partial charge in [0.1, 0.15) is 0 Å². The Kier molecular flexibility index (Phi) is 8.55. The first-order valence-electron chi connectivity index (χ1n) is 6.71. The van der Waals surface area contributed by atoms with Crippen LogP contribution in [0.3, 0.4) is 0 Å². The van der Waals surface area contributed by atoms with Gasteiger partial charge in [-0.05, 0) is 55.7 Å². The molecule has 0 fully saturated rings. The third kappa shape index (κ3) is 6.01. The molecular weight excluding hydrogens is 327 g/mol. The highest BCUT2D eigenvalue weighted by atomic mass is 127. The first kappa shape index (κ1) is 16.9. The Morgan fingerprint density at radius 2 is 1.50 bits per heavy atom. The summed E-state index contributed by atoms with van der Waals surface area (Å²) in [6.45, 7) is 11.5. The van der Waals surface area contributed by atoms with E-state index in [0.29, 0.717) is 0 Å². The number of hydrogen-bond acceptors (Lipinski definition) is 1. The maximum atomic E-state index is 6.56. The predicted octanol–water partition coefficient (Wildman–Crippen LogP) is 5.39. The zero-order valence-electron chi connectivity index (χ0n) is 11.7. The fourth-order valence-electron chi connectivity index (χ4n) is 2.25. The van der Waals surface area contributed by atoms with Crippen LogP contribution in [0, 0.1) is 0 Å². The molecule has 0 spiro atoms. The number of hydrogen-bond donors (Lipinski definition) is 0. The molecule has 0 aromatic rings. The number of halogens is 1. The fourth-order valence-corrected chi connectivity index (χ4v) is 6.00. The van der Waals surface area contributed by atoms with Gasteiger partial charge in [-0.1, -0.05) is 43.4 Å². The maximum Gasteiger partial charge on any atom is 0.192 e. The maximum absolute atomic E-state index is 6.56. The Bertz CT molecular complexity index is 171. The van der Waals surface area contributed by atoms with E-state index in [4.69, 9.17) is 4.43 Å². The molecule has 98 valence electrons. The van der Waals surface area contributed by atoms with E-state index in [1.54, 1.807) is 0 Å². The van der Waals surface area contributed by atoms with Crippen molar-refractivity contribution in [2.75, 3.05) is 4.43 Å². The van der Waals surface area contributed by atoms with Crippen molar-refractivity contribution in [3.8, 4) is 0 Å². The Morgan fingerprint density at radius 1 is 1.00 bits per heavy atom. The van der Waals surface area contributed by atoms with Crippen molar-refractivity contribution in [3.63, 3.8) is 0 Å². The summed E-state index contributed by atoms with van der Waals surface area (Å²) in [5.74, 6) is 0. The molecule has 0 atom stereocenters. The van der Waals surface area contributed by atoms with Gasteiger partial charge in [0.25, 0.3) is 0 Å². The lowest BCUT2D eigenvalue weighted by atomic mass is 10.0. The van der Waals surface area contributed by atoms with Crippen LogP contribution in [0.1, 0.15) is 53.9 Å². The second-order valence-corrected chi connectivity index (χ2v) is 11.0. The minimum absolute atomic E-state index is 0.0973. The molecule has 0 saturated carbocycles. The van der Waals surface area contributed by atoms with Crippen molar-refractivity contribution in [3.05, 3.63) is 0 Å². The average Bonchev–Trinajstić information content (AvgIpc) is 2.26. The summed E-state index contributed by atoms with van der Waals surface area (Å²) in [6, 6.07) is 3.78. The largest absolute Gasteiger partial charge is 0.412 e. The molecule has 0 heterocycles. The monoisotopic (exact) mass is 356 g/mol. The third-order valence-corrected chi connectivity index (χ3v) is 9.20. The van der Waals surface area contributed by atoms with Gasteiger partial charge in [0.15, 0.2) is 8.32 Å². The SMILES string of the molecule is CC[Si](CC)(CC)OC(C)(C)CCCCI. The lowest BCUT2D eigenvalue weighted by Gasteiger charge is -2.38. The van der Waals surface area contributed by atoms with Gasteiger partial charge in [0.2, 0.25) is 0 Å². The van der Waals surface area contributed by atoms with E-state index < -0.39 is 8.32 Å². The van der Waals surface area contributed by atoms with Crippen LogP contribution >= 0.6 is 22.6 Å². The summed E-state index contributed by atoms with van der Waals surface area (Å²) in [4.78, 5) is 0. The summed E-state index contributed by atoms with van der Waals surface area (Å²) in [6.07, 6.45) is 3.84. The van der Waals surface area contributed by atoms with Crippen LogP contribution in [0.2, 0.25) is 18.1 Å². The van der Waals surface area contributed by atoms with Gasteiger partial charge in [-0.25, -0.2) is 0 Å². The highest BCUT2D eigenvalue weighted by Gasteiger charge is 2.34. The Morgan fingerprint density at radius 3 is 1.88 bits per heavy atom. The van der Waals surface area contributed by atoms with Gasteiger partial charge in [-0.3, -0.25) is 0 Å². The molecule has 0 saturated heterocycles. The van der Waals surface area contributed by atoms with Crippen molar-refractivity contribution in [2.45, 2.75) is 77.6 Å². The first-order chi connectivity index (χ1) is 7.45. The van der Waals surface area contributed by atoms with Crippen LogP contribution < -0.4 is 0 Å². The quantitative estimate of drug-likeness (QED) is 0.233. The van der Waals surface area contributed by atoms with E-state index in [-0.39, 0.29) is 5.60 Å². The van der Waals surface area contributed by atoms with Crippen molar-refractivity contribution in [1.29, 1.82) is 0 Å². The molecule has 0 radical (unpaired) electrons. The lowest BCUT2D eigenvalue weighted by Crippen LogP contribution is -2.44. The van der Waals surface area contributed by atoms with Crippen molar-refractivity contribution >= 4 is 30.9 Å². The third-order valence-electron chi connectivity index (χ3n) is 3.59. The zero-order chi connectivity index (χ0) is 12.7. The highest BCUT2D eigenvalue weighted by molar-refractivity contribution is 14.1. The molecule has 0 rings (SSSR count). The van der Waals surface area contributed by atoms with Crippen LogP contribution in [0.15, 0.2) is 0 Å². The molecule has 0 aromatic carbocycles. The molecule has 1 nitrogen and oxygen atoms in total. The Hall–Kier alpha value is 0.907. The summed E-state index contributed by atoms with van der Waals surface area (Å²) in [5.41, 5.74) is 0.0973. The van der Waals surface area contributed by atoms with Gasteiger partial charge in [0, 0.05) is 0 Å². The smallest absolute Gasteiger partial charge is 0.192 e. The molecule has 0 amide bonds. The second kappa shape index (κ2) is 8.09. The van der Waals surface area contributed by atoms with E-state index in [2.05, 4.69) is 57.2 Å². The summed E-state index contributed by atoms with van der Waals surface area (Å²) in [5, 5.41) is 0. The Labute approximate surface area is 117 Å². The van der Waals surface area contributed by atoms with Crippen molar-refractivity contribution in [1.82, 2.24) is 0 Å². The van der Waals surface area contributed by atoms with Gasteiger partial charge in [-0.15, -0.1) is 0 Å². The fraction of sp³-hybridized carbons (Fsp3) is 1.00. The van der Waals surface area contributed by atoms with E-state index in [1.165, 1.54) is 41.8 Å². The second-order valence-electron chi connectivity index (χ2n) is 5.25. The average molecular weight is 356 g/mol. The minimum atomic E-state index is -1.41. The molecule has 0 aliphatic rings. The van der Waals surface area contributed by atoms with Gasteiger partial charge >= 0.3 is 0 Å². The number of alkyl halides is 1. The van der Waals surface area contributed by atoms with Crippen LogP contribution in [0.25, 0.3) is 0 Å². The van der Waals surface area contributed by atoms with Crippen LogP contribution in [0.4, 0.5) is 0 Å². The molecule has 0 unspecified atom stereocenters. The summed E-state index contributed by atoms with van der Waals surface area (Å²) < 4.78 is 7.83. The predicted molar refractivity (Wildman–Crippen MR) is 85.1 cm³/mol. The summed E-state index contributed by atoms with van der Waals surface area (Å²) in [7, 11) is -1.41. The molecule has 0 aromatic heterocycles. The minimum Gasteiger partial charge on any atom is -0.412 e. The molecule has 0 N–H and O–H groups in total. The molecule has 16 heavy (non-hydrogen) atoms. The first-order valence-corrected chi connectivity index (χ1v) is 10.8. The van der Waals surface area contributed by atoms with Gasteiger partial charge in [0.05, 0.1) is 5.60 Å². The van der Waals surface area contributed by atoms with Gasteiger partial charge in [-0.2, -0.15) is 0 Å². The number of rotatable bonds is 9. The molecule has 0 aliphatic carbocycles. The molecule has 0 aliphatic heterocycles. The van der Waals surface area contributed by atoms with Crippen LogP contribution in [0.5, 0.6) is 0 Å². The van der Waals surface area contributed by atoms with Crippen LogP contribution in [-0.4, -0.2) is 18.3 Å². The molecular formula is C13H29IOSi. The molecule has 0 bridgehead atoms. The van der Waals surface area contributed by atoms with E-state index in [9.17, 15) is 0 Å². The Balaban J connectivity index is 4.29.